The summed E-state index contributed by atoms with van der Waals surface area (Å²) in [4.78, 5) is 8.35. The average Bonchev–Trinajstić information content (AvgIpc) is 3.03. The second-order valence-corrected chi connectivity index (χ2v) is 6.49. The number of aliphatic hydroxyl groups is 1. The Balaban J connectivity index is 1.60. The first-order valence-electron chi connectivity index (χ1n) is 8.46. The molecule has 2 N–H and O–H groups in total. The van der Waals surface area contributed by atoms with Crippen molar-refractivity contribution in [2.24, 2.45) is 0 Å². The molecule has 1 atom stereocenters. The molecule has 4 nitrogen and oxygen atoms in total. The summed E-state index contributed by atoms with van der Waals surface area (Å²) in [7, 11) is 0. The van der Waals surface area contributed by atoms with E-state index in [1.54, 1.807) is 6.07 Å². The van der Waals surface area contributed by atoms with Gasteiger partial charge >= 0.3 is 6.18 Å². The standard InChI is InChI=1S/C20H16F3N3O/c21-20(22,23)14-6-4-12(5-7-14)18-10-19(25-11-24-18)26-17-3-1-2-13-8-15(27)9-16(13)17/h1-7,10-11,15,27H,8-9H2,(H,24,25,26). The van der Waals surface area contributed by atoms with Gasteiger partial charge in [-0.25, -0.2) is 9.97 Å². The second kappa shape index (κ2) is 6.66. The van der Waals surface area contributed by atoms with Crippen LogP contribution in [-0.2, 0) is 19.0 Å². The molecular formula is C20H16F3N3O. The predicted octanol–water partition coefficient (Wildman–Crippen LogP) is 4.37. The summed E-state index contributed by atoms with van der Waals surface area (Å²) in [5, 5.41) is 13.1. The molecule has 1 heterocycles. The van der Waals surface area contributed by atoms with E-state index in [0.717, 1.165) is 28.9 Å². The molecule has 3 aromatic rings. The van der Waals surface area contributed by atoms with Crippen LogP contribution in [0.15, 0.2) is 54.9 Å². The van der Waals surface area contributed by atoms with Gasteiger partial charge in [0, 0.05) is 23.7 Å². The number of fused-ring (bicyclic) bond motifs is 1. The van der Waals surface area contributed by atoms with E-state index in [1.165, 1.54) is 18.5 Å². The number of alkyl halides is 3. The smallest absolute Gasteiger partial charge is 0.392 e. The molecule has 0 bridgehead atoms. The number of aromatic nitrogens is 2. The predicted molar refractivity (Wildman–Crippen MR) is 95.6 cm³/mol. The maximum Gasteiger partial charge on any atom is 0.416 e. The van der Waals surface area contributed by atoms with Gasteiger partial charge in [-0.1, -0.05) is 24.3 Å². The Hall–Kier alpha value is -2.93. The quantitative estimate of drug-likeness (QED) is 0.718. The lowest BCUT2D eigenvalue weighted by Crippen LogP contribution is -2.04. The molecule has 2 aromatic carbocycles. The minimum atomic E-state index is -4.37. The average molecular weight is 371 g/mol. The van der Waals surface area contributed by atoms with Crippen LogP contribution in [0, 0.1) is 0 Å². The fraction of sp³-hybridized carbons (Fsp3) is 0.200. The number of nitrogens with zero attached hydrogens (tertiary/aromatic N) is 2. The van der Waals surface area contributed by atoms with Crippen LogP contribution in [0.5, 0.6) is 0 Å². The first-order valence-corrected chi connectivity index (χ1v) is 8.46. The van der Waals surface area contributed by atoms with Gasteiger partial charge in [0.2, 0.25) is 0 Å². The highest BCUT2D eigenvalue weighted by Gasteiger charge is 2.30. The van der Waals surface area contributed by atoms with Gasteiger partial charge in [-0.2, -0.15) is 13.2 Å². The first-order chi connectivity index (χ1) is 12.9. The summed E-state index contributed by atoms with van der Waals surface area (Å²) in [5.41, 5.74) is 3.42. The third-order valence-corrected chi connectivity index (χ3v) is 4.61. The van der Waals surface area contributed by atoms with E-state index < -0.39 is 11.7 Å². The Morgan fingerprint density at radius 2 is 1.78 bits per heavy atom. The molecule has 27 heavy (non-hydrogen) atoms. The highest BCUT2D eigenvalue weighted by atomic mass is 19.4. The van der Waals surface area contributed by atoms with Crippen molar-refractivity contribution >= 4 is 11.5 Å². The van der Waals surface area contributed by atoms with Crippen LogP contribution in [0.25, 0.3) is 11.3 Å². The summed E-state index contributed by atoms with van der Waals surface area (Å²) in [6.07, 6.45) is -2.17. The minimum Gasteiger partial charge on any atom is -0.392 e. The van der Waals surface area contributed by atoms with Crippen molar-refractivity contribution in [3.8, 4) is 11.3 Å². The molecule has 4 rings (SSSR count). The number of rotatable bonds is 3. The highest BCUT2D eigenvalue weighted by molar-refractivity contribution is 5.68. The van der Waals surface area contributed by atoms with Gasteiger partial charge in [0.25, 0.3) is 0 Å². The van der Waals surface area contributed by atoms with Gasteiger partial charge in [-0.3, -0.25) is 0 Å². The Morgan fingerprint density at radius 1 is 1.00 bits per heavy atom. The Bertz CT molecular complexity index is 971. The monoisotopic (exact) mass is 371 g/mol. The third-order valence-electron chi connectivity index (χ3n) is 4.61. The molecule has 0 fully saturated rings. The largest absolute Gasteiger partial charge is 0.416 e. The van der Waals surface area contributed by atoms with Crippen molar-refractivity contribution in [2.75, 3.05) is 5.32 Å². The zero-order chi connectivity index (χ0) is 19.0. The molecule has 7 heteroatoms. The van der Waals surface area contributed by atoms with Crippen LogP contribution in [0.1, 0.15) is 16.7 Å². The van der Waals surface area contributed by atoms with Crippen molar-refractivity contribution in [3.63, 3.8) is 0 Å². The number of hydrogen-bond donors (Lipinski definition) is 2. The fourth-order valence-corrected chi connectivity index (χ4v) is 3.30. The van der Waals surface area contributed by atoms with Crippen molar-refractivity contribution in [2.45, 2.75) is 25.1 Å². The molecule has 1 aliphatic carbocycles. The molecule has 0 spiro atoms. The number of halogens is 3. The van der Waals surface area contributed by atoms with E-state index in [-0.39, 0.29) is 6.10 Å². The van der Waals surface area contributed by atoms with Gasteiger partial charge in [0.15, 0.2) is 0 Å². The van der Waals surface area contributed by atoms with Gasteiger partial charge in [0.1, 0.15) is 12.1 Å². The van der Waals surface area contributed by atoms with E-state index in [9.17, 15) is 18.3 Å². The lowest BCUT2D eigenvalue weighted by molar-refractivity contribution is -0.137. The van der Waals surface area contributed by atoms with Crippen LogP contribution < -0.4 is 5.32 Å². The van der Waals surface area contributed by atoms with E-state index in [1.807, 2.05) is 18.2 Å². The van der Waals surface area contributed by atoms with Gasteiger partial charge in [0.05, 0.1) is 17.4 Å². The number of hydrogen-bond acceptors (Lipinski definition) is 4. The SMILES string of the molecule is OC1Cc2cccc(Nc3cc(-c4ccc(C(F)(F)F)cc4)ncn3)c2C1. The normalized spacial score (nSPS) is 16.2. The summed E-state index contributed by atoms with van der Waals surface area (Å²) >= 11 is 0. The highest BCUT2D eigenvalue weighted by Crippen LogP contribution is 2.32. The molecule has 1 unspecified atom stereocenters. The van der Waals surface area contributed by atoms with Crippen LogP contribution in [0.4, 0.5) is 24.7 Å². The van der Waals surface area contributed by atoms with Crippen molar-refractivity contribution in [3.05, 3.63) is 71.5 Å². The van der Waals surface area contributed by atoms with Crippen molar-refractivity contribution in [1.82, 2.24) is 9.97 Å². The molecule has 0 saturated carbocycles. The molecule has 138 valence electrons. The lowest BCUT2D eigenvalue weighted by atomic mass is 10.1. The van der Waals surface area contributed by atoms with E-state index in [0.29, 0.717) is 29.9 Å². The van der Waals surface area contributed by atoms with Crippen LogP contribution in [0.3, 0.4) is 0 Å². The minimum absolute atomic E-state index is 0.379. The number of nitrogens with one attached hydrogen (secondary N) is 1. The Labute approximate surface area is 153 Å². The molecule has 0 aliphatic heterocycles. The van der Waals surface area contributed by atoms with Gasteiger partial charge in [-0.05, 0) is 35.7 Å². The topological polar surface area (TPSA) is 58.0 Å². The first kappa shape index (κ1) is 17.5. The van der Waals surface area contributed by atoms with Gasteiger partial charge < -0.3 is 10.4 Å². The van der Waals surface area contributed by atoms with Crippen LogP contribution >= 0.6 is 0 Å². The number of benzene rings is 2. The zero-order valence-corrected chi connectivity index (χ0v) is 14.2. The van der Waals surface area contributed by atoms with Crippen molar-refractivity contribution in [1.29, 1.82) is 0 Å². The summed E-state index contributed by atoms with van der Waals surface area (Å²) in [6.45, 7) is 0. The fourth-order valence-electron chi connectivity index (χ4n) is 3.30. The maximum atomic E-state index is 12.7. The number of anilines is 2. The summed E-state index contributed by atoms with van der Waals surface area (Å²) in [6, 6.07) is 12.4. The second-order valence-electron chi connectivity index (χ2n) is 6.49. The number of aliphatic hydroxyl groups excluding tert-OH is 1. The van der Waals surface area contributed by atoms with E-state index >= 15 is 0 Å². The van der Waals surface area contributed by atoms with Gasteiger partial charge in [-0.15, -0.1) is 0 Å². The van der Waals surface area contributed by atoms with Crippen LogP contribution in [-0.4, -0.2) is 21.2 Å². The molecular weight excluding hydrogens is 355 g/mol. The Kier molecular flexibility index (Phi) is 4.31. The van der Waals surface area contributed by atoms with E-state index in [4.69, 9.17) is 0 Å². The third kappa shape index (κ3) is 3.64. The molecule has 1 aromatic heterocycles. The maximum absolute atomic E-state index is 12.7. The van der Waals surface area contributed by atoms with Crippen molar-refractivity contribution < 1.29 is 18.3 Å². The lowest BCUT2D eigenvalue weighted by Gasteiger charge is -2.12. The molecule has 0 amide bonds. The zero-order valence-electron chi connectivity index (χ0n) is 14.2. The molecule has 0 saturated heterocycles. The molecule has 0 radical (unpaired) electrons. The van der Waals surface area contributed by atoms with E-state index in [2.05, 4.69) is 15.3 Å². The summed E-state index contributed by atoms with van der Waals surface area (Å²) < 4.78 is 38.1. The summed E-state index contributed by atoms with van der Waals surface area (Å²) in [5.74, 6) is 0.537. The molecule has 1 aliphatic rings. The Morgan fingerprint density at radius 3 is 2.52 bits per heavy atom. The van der Waals surface area contributed by atoms with Crippen LogP contribution in [0.2, 0.25) is 0 Å².